The van der Waals surface area contributed by atoms with E-state index in [0.29, 0.717) is 4.90 Å². The van der Waals surface area contributed by atoms with Gasteiger partial charge in [0.2, 0.25) is 0 Å². The van der Waals surface area contributed by atoms with Crippen LogP contribution in [0.3, 0.4) is 0 Å². The largest absolute Gasteiger partial charge is 0.480 e. The first-order valence-electron chi connectivity index (χ1n) is 10.8. The van der Waals surface area contributed by atoms with Gasteiger partial charge in [-0.2, -0.15) is 0 Å². The number of carbonyl (C=O) groups is 3. The van der Waals surface area contributed by atoms with Crippen LogP contribution in [0.1, 0.15) is 34.3 Å². The molecule has 0 saturated carbocycles. The minimum Gasteiger partial charge on any atom is -0.480 e. The van der Waals surface area contributed by atoms with E-state index in [4.69, 9.17) is 9.84 Å². The fourth-order valence-corrected chi connectivity index (χ4v) is 4.11. The molecule has 1 aliphatic rings. The highest BCUT2D eigenvalue weighted by Crippen LogP contribution is 2.44. The molecule has 180 valence electrons. The number of ether oxygens (including phenoxy) is 1. The molecule has 0 unspecified atom stereocenters. The number of nitrogens with zero attached hydrogens (tertiary/aromatic N) is 1. The highest BCUT2D eigenvalue weighted by Gasteiger charge is 2.31. The number of carboxylic acid groups (broad SMARTS) is 1. The zero-order valence-electron chi connectivity index (χ0n) is 18.9. The second-order valence-electron chi connectivity index (χ2n) is 8.16. The minimum atomic E-state index is -1.34. The molecule has 2 N–H and O–H groups in total. The summed E-state index contributed by atoms with van der Waals surface area (Å²) in [6.07, 6.45) is -0.983. The Balaban J connectivity index is 1.50. The molecular weight excluding hydrogens is 458 g/mol. The molecule has 1 atom stereocenters. The van der Waals surface area contributed by atoms with Crippen molar-refractivity contribution in [3.63, 3.8) is 0 Å². The lowest BCUT2D eigenvalue weighted by Gasteiger charge is -2.22. The molecule has 2 amide bonds. The van der Waals surface area contributed by atoms with Crippen molar-refractivity contribution in [1.82, 2.24) is 4.90 Å². The summed E-state index contributed by atoms with van der Waals surface area (Å²) in [5.74, 6) is -5.24. The molecular formula is C26H22F2N2O5. The van der Waals surface area contributed by atoms with E-state index >= 15 is 0 Å². The number of nitrogens with one attached hydrogen (secondary N) is 1. The number of carbonyl (C=O) groups excluding carboxylic acids is 2. The fourth-order valence-electron chi connectivity index (χ4n) is 4.11. The van der Waals surface area contributed by atoms with E-state index < -0.39 is 46.9 Å². The Kier molecular flexibility index (Phi) is 6.50. The summed E-state index contributed by atoms with van der Waals surface area (Å²) < 4.78 is 34.7. The van der Waals surface area contributed by atoms with Crippen LogP contribution < -0.4 is 5.32 Å². The summed E-state index contributed by atoms with van der Waals surface area (Å²) in [7, 11) is 1.12. The predicted molar refractivity (Wildman–Crippen MR) is 124 cm³/mol. The molecule has 0 bridgehead atoms. The van der Waals surface area contributed by atoms with Gasteiger partial charge < -0.3 is 14.7 Å². The molecule has 0 aliphatic heterocycles. The van der Waals surface area contributed by atoms with Crippen LogP contribution in [-0.4, -0.2) is 47.7 Å². The van der Waals surface area contributed by atoms with Gasteiger partial charge in [-0.1, -0.05) is 48.5 Å². The van der Waals surface area contributed by atoms with Gasteiger partial charge >= 0.3 is 12.1 Å². The van der Waals surface area contributed by atoms with E-state index in [-0.39, 0.29) is 12.5 Å². The first-order chi connectivity index (χ1) is 16.7. The number of rotatable bonds is 6. The van der Waals surface area contributed by atoms with E-state index in [1.807, 2.05) is 48.5 Å². The second kappa shape index (κ2) is 9.54. The number of halogens is 2. The van der Waals surface area contributed by atoms with E-state index in [0.717, 1.165) is 41.4 Å². The van der Waals surface area contributed by atoms with Crippen molar-refractivity contribution in [3.8, 4) is 11.1 Å². The van der Waals surface area contributed by atoms with E-state index in [2.05, 4.69) is 5.32 Å². The first kappa shape index (κ1) is 23.9. The van der Waals surface area contributed by atoms with Crippen molar-refractivity contribution in [2.24, 2.45) is 0 Å². The van der Waals surface area contributed by atoms with Gasteiger partial charge in [-0.3, -0.25) is 10.1 Å². The molecule has 7 nitrogen and oxygen atoms in total. The monoisotopic (exact) mass is 480 g/mol. The topological polar surface area (TPSA) is 95.9 Å². The van der Waals surface area contributed by atoms with Crippen LogP contribution in [0.2, 0.25) is 0 Å². The van der Waals surface area contributed by atoms with Crippen molar-refractivity contribution in [1.29, 1.82) is 0 Å². The summed E-state index contributed by atoms with van der Waals surface area (Å²) in [5.41, 5.74) is 2.64. The maximum Gasteiger partial charge on any atom is 0.411 e. The van der Waals surface area contributed by atoms with Gasteiger partial charge in [0, 0.05) is 13.0 Å². The maximum atomic E-state index is 15.0. The van der Waals surface area contributed by atoms with Gasteiger partial charge in [0.1, 0.15) is 24.0 Å². The summed E-state index contributed by atoms with van der Waals surface area (Å²) in [4.78, 5) is 36.9. The second-order valence-corrected chi connectivity index (χ2v) is 8.16. The third-order valence-corrected chi connectivity index (χ3v) is 6.14. The van der Waals surface area contributed by atoms with Crippen molar-refractivity contribution in [3.05, 3.63) is 89.0 Å². The SMILES string of the molecule is C[C@@H](C(=O)O)N(C)C(=O)c1c(F)ccc(NC(=O)OCC2c3ccccc3-c3ccccc32)c1F. The number of fused-ring (bicyclic) bond motifs is 3. The lowest BCUT2D eigenvalue weighted by molar-refractivity contribution is -0.141. The van der Waals surface area contributed by atoms with Crippen LogP contribution in [0.5, 0.6) is 0 Å². The number of carboxylic acids is 1. The molecule has 0 radical (unpaired) electrons. The molecule has 0 aromatic heterocycles. The van der Waals surface area contributed by atoms with Crippen LogP contribution in [0.15, 0.2) is 60.7 Å². The number of hydrogen-bond acceptors (Lipinski definition) is 4. The smallest absolute Gasteiger partial charge is 0.411 e. The zero-order chi connectivity index (χ0) is 25.3. The van der Waals surface area contributed by atoms with Gasteiger partial charge in [-0.05, 0) is 41.3 Å². The van der Waals surface area contributed by atoms with Gasteiger partial charge in [-0.25, -0.2) is 18.4 Å². The Morgan fingerprint density at radius 2 is 1.57 bits per heavy atom. The predicted octanol–water partition coefficient (Wildman–Crippen LogP) is 4.87. The molecule has 4 rings (SSSR count). The van der Waals surface area contributed by atoms with Crippen molar-refractivity contribution >= 4 is 23.7 Å². The molecule has 3 aromatic carbocycles. The van der Waals surface area contributed by atoms with Gasteiger partial charge in [0.15, 0.2) is 5.82 Å². The van der Waals surface area contributed by atoms with E-state index in [1.165, 1.54) is 6.92 Å². The minimum absolute atomic E-state index is 0.0205. The van der Waals surface area contributed by atoms with Crippen molar-refractivity contribution in [2.75, 3.05) is 19.0 Å². The summed E-state index contributed by atoms with van der Waals surface area (Å²) in [6, 6.07) is 16.0. The molecule has 0 spiro atoms. The van der Waals surface area contributed by atoms with E-state index in [9.17, 15) is 23.2 Å². The average Bonchev–Trinajstić information content (AvgIpc) is 3.17. The maximum absolute atomic E-state index is 15.0. The molecule has 9 heteroatoms. The lowest BCUT2D eigenvalue weighted by Crippen LogP contribution is -2.41. The van der Waals surface area contributed by atoms with Crippen LogP contribution in [0.4, 0.5) is 19.3 Å². The number of benzene rings is 3. The molecule has 0 fully saturated rings. The lowest BCUT2D eigenvalue weighted by atomic mass is 9.98. The van der Waals surface area contributed by atoms with Crippen LogP contribution in [0, 0.1) is 11.6 Å². The van der Waals surface area contributed by atoms with Crippen LogP contribution in [0.25, 0.3) is 11.1 Å². The Morgan fingerprint density at radius 3 is 2.14 bits per heavy atom. The third kappa shape index (κ3) is 4.44. The highest BCUT2D eigenvalue weighted by molar-refractivity contribution is 5.98. The Bertz CT molecular complexity index is 1280. The summed E-state index contributed by atoms with van der Waals surface area (Å²) in [5, 5.41) is 11.3. The Hall–Kier alpha value is -4.27. The number of hydrogen-bond donors (Lipinski definition) is 2. The molecule has 0 heterocycles. The molecule has 1 aliphatic carbocycles. The Labute approximate surface area is 199 Å². The normalized spacial score (nSPS) is 12.9. The summed E-state index contributed by atoms with van der Waals surface area (Å²) in [6.45, 7) is 1.18. The fraction of sp³-hybridized carbons (Fsp3) is 0.192. The van der Waals surface area contributed by atoms with E-state index in [1.54, 1.807) is 0 Å². The number of amides is 2. The van der Waals surface area contributed by atoms with Crippen molar-refractivity contribution in [2.45, 2.75) is 18.9 Å². The quantitative estimate of drug-likeness (QED) is 0.525. The van der Waals surface area contributed by atoms with Gasteiger partial charge in [0.05, 0.1) is 5.69 Å². The number of aliphatic carboxylic acids is 1. The number of likely N-dealkylation sites (N-methyl/N-ethyl adjacent to an activating group) is 1. The van der Waals surface area contributed by atoms with Gasteiger partial charge in [-0.15, -0.1) is 0 Å². The number of anilines is 1. The summed E-state index contributed by atoms with van der Waals surface area (Å²) >= 11 is 0. The average molecular weight is 480 g/mol. The zero-order valence-corrected chi connectivity index (χ0v) is 18.9. The first-order valence-corrected chi connectivity index (χ1v) is 10.8. The standard InChI is InChI=1S/C26H22F2N2O5/c1-14(25(32)33)30(2)24(31)22-20(27)11-12-21(23(22)28)29-26(34)35-13-19-17-9-5-3-7-15(17)16-8-4-6-10-18(16)19/h3-12,14,19H,13H2,1-2H3,(H,29,34)(H,32,33)/t14-/m0/s1. The Morgan fingerprint density at radius 1 is 1.00 bits per heavy atom. The van der Waals surface area contributed by atoms with Crippen LogP contribution in [-0.2, 0) is 9.53 Å². The molecule has 35 heavy (non-hydrogen) atoms. The molecule has 3 aromatic rings. The highest BCUT2D eigenvalue weighted by atomic mass is 19.1. The van der Waals surface area contributed by atoms with Crippen molar-refractivity contribution < 1.29 is 33.0 Å². The molecule has 0 saturated heterocycles. The van der Waals surface area contributed by atoms with Gasteiger partial charge in [0.25, 0.3) is 5.91 Å². The van der Waals surface area contributed by atoms with Crippen LogP contribution >= 0.6 is 0 Å². The third-order valence-electron chi connectivity index (χ3n) is 6.14.